The lowest BCUT2D eigenvalue weighted by Crippen LogP contribution is -2.49. The van der Waals surface area contributed by atoms with Crippen molar-refractivity contribution in [2.45, 2.75) is 64.7 Å². The van der Waals surface area contributed by atoms with E-state index in [1.165, 1.54) is 57.8 Å². The molecule has 1 aromatic carbocycles. The molecule has 3 aliphatic heterocycles. The first kappa shape index (κ1) is 22.8. The van der Waals surface area contributed by atoms with Crippen LogP contribution in [0.4, 0.5) is 5.69 Å². The number of nitrogens with zero attached hydrogens (tertiary/aromatic N) is 5. The molecule has 0 spiro atoms. The van der Waals surface area contributed by atoms with Crippen molar-refractivity contribution in [2.24, 2.45) is 10.2 Å². The minimum Gasteiger partial charge on any atom is -0.293 e. The van der Waals surface area contributed by atoms with E-state index in [-0.39, 0.29) is 5.78 Å². The van der Waals surface area contributed by atoms with E-state index in [9.17, 15) is 4.79 Å². The van der Waals surface area contributed by atoms with Crippen LogP contribution in [0.25, 0.3) is 0 Å². The lowest BCUT2D eigenvalue weighted by atomic mass is 10.2. The minimum atomic E-state index is -2.22. The lowest BCUT2D eigenvalue weighted by molar-refractivity contribution is -0.111. The molecule has 7 heteroatoms. The summed E-state index contributed by atoms with van der Waals surface area (Å²) in [6, 6.07) is 9.86. The first-order chi connectivity index (χ1) is 15.2. The number of hydrogen-bond donors (Lipinski definition) is 0. The highest BCUT2D eigenvalue weighted by Gasteiger charge is 2.44. The number of rotatable bonds is 6. The average molecular weight is 444 g/mol. The average Bonchev–Trinajstić information content (AvgIpc) is 2.84. The molecule has 3 fully saturated rings. The van der Waals surface area contributed by atoms with Crippen molar-refractivity contribution in [3.63, 3.8) is 0 Å². The van der Waals surface area contributed by atoms with Crippen LogP contribution < -0.4 is 0 Å². The van der Waals surface area contributed by atoms with Gasteiger partial charge >= 0.3 is 0 Å². The smallest absolute Gasteiger partial charge is 0.183 e. The van der Waals surface area contributed by atoms with Gasteiger partial charge in [0.1, 0.15) is 7.34 Å². The Kier molecular flexibility index (Phi) is 8.11. The van der Waals surface area contributed by atoms with E-state index in [0.29, 0.717) is 0 Å². The topological polar surface area (TPSA) is 51.5 Å². The number of ketones is 1. The molecule has 3 aliphatic rings. The van der Waals surface area contributed by atoms with Crippen molar-refractivity contribution >= 4 is 24.2 Å². The Labute approximate surface area is 187 Å². The third-order valence-electron chi connectivity index (χ3n) is 6.80. The zero-order valence-corrected chi connectivity index (χ0v) is 20.0. The maximum atomic E-state index is 13.3. The zero-order valence-electron chi connectivity index (χ0n) is 19.1. The van der Waals surface area contributed by atoms with E-state index in [2.05, 4.69) is 19.1 Å². The molecule has 0 saturated carbocycles. The van der Waals surface area contributed by atoms with Gasteiger partial charge in [0.05, 0.1) is 5.69 Å². The Balaban J connectivity index is 1.91. The van der Waals surface area contributed by atoms with Gasteiger partial charge in [-0.25, -0.2) is 0 Å². The summed E-state index contributed by atoms with van der Waals surface area (Å²) in [5.41, 5.74) is 1.54. The molecule has 0 N–H and O–H groups in total. The van der Waals surface area contributed by atoms with E-state index >= 15 is 0 Å². The normalized spacial score (nSPS) is 22.6. The van der Waals surface area contributed by atoms with Gasteiger partial charge < -0.3 is 0 Å². The molecular formula is C24H38N5OP. The monoisotopic (exact) mass is 443 g/mol. The van der Waals surface area contributed by atoms with Crippen LogP contribution in [0.3, 0.4) is 0 Å². The predicted octanol–water partition coefficient (Wildman–Crippen LogP) is 5.71. The molecule has 170 valence electrons. The molecule has 6 nitrogen and oxygen atoms in total. The van der Waals surface area contributed by atoms with Gasteiger partial charge in [0.2, 0.25) is 0 Å². The third kappa shape index (κ3) is 5.03. The van der Waals surface area contributed by atoms with E-state index in [1.807, 2.05) is 30.3 Å². The third-order valence-corrected chi connectivity index (χ3v) is 11.3. The van der Waals surface area contributed by atoms with Gasteiger partial charge in [-0.3, -0.25) is 18.8 Å². The van der Waals surface area contributed by atoms with Gasteiger partial charge in [-0.05, 0) is 50.7 Å². The Morgan fingerprint density at radius 3 is 1.52 bits per heavy atom. The molecular weight excluding hydrogens is 405 g/mol. The van der Waals surface area contributed by atoms with Gasteiger partial charge in [-0.15, -0.1) is 5.11 Å². The van der Waals surface area contributed by atoms with Crippen molar-refractivity contribution < 1.29 is 4.79 Å². The van der Waals surface area contributed by atoms with Gasteiger partial charge in [-0.1, -0.05) is 37.5 Å². The highest BCUT2D eigenvalue weighted by molar-refractivity contribution is 7.71. The first-order valence-electron chi connectivity index (χ1n) is 12.2. The summed E-state index contributed by atoms with van der Waals surface area (Å²) in [6.07, 6.45) is 11.1. The quantitative estimate of drug-likeness (QED) is 0.417. The van der Waals surface area contributed by atoms with Crippen LogP contribution in [0.1, 0.15) is 64.7 Å². The fraction of sp³-hybridized carbons (Fsp3) is 0.667. The van der Waals surface area contributed by atoms with Crippen molar-refractivity contribution in [1.82, 2.24) is 14.0 Å². The molecule has 31 heavy (non-hydrogen) atoms. The first-order valence-corrected chi connectivity index (χ1v) is 13.9. The number of Topliss-reactive ketones (excluding diaryl/α,β-unsaturated/α-hetero) is 1. The summed E-state index contributed by atoms with van der Waals surface area (Å²) in [5.74, 6) is 0.0923. The Hall–Kier alpha value is -1.33. The lowest BCUT2D eigenvalue weighted by Gasteiger charge is -2.54. The number of piperidine rings is 3. The van der Waals surface area contributed by atoms with Gasteiger partial charge in [0.25, 0.3) is 0 Å². The summed E-state index contributed by atoms with van der Waals surface area (Å²) in [7, 11) is -2.22. The highest BCUT2D eigenvalue weighted by Crippen LogP contribution is 2.62. The van der Waals surface area contributed by atoms with Crippen LogP contribution in [0, 0.1) is 0 Å². The summed E-state index contributed by atoms with van der Waals surface area (Å²) < 4.78 is 8.07. The zero-order chi connectivity index (χ0) is 21.5. The van der Waals surface area contributed by atoms with Crippen LogP contribution in [-0.2, 0) is 4.79 Å². The number of benzene rings is 1. The molecule has 0 aromatic heterocycles. The number of carbonyl (C=O) groups excluding carboxylic acids is 1. The second-order valence-corrected chi connectivity index (χ2v) is 12.3. The van der Waals surface area contributed by atoms with E-state index in [4.69, 9.17) is 5.11 Å². The van der Waals surface area contributed by atoms with Crippen LogP contribution >= 0.6 is 7.34 Å². The maximum Gasteiger partial charge on any atom is 0.183 e. The minimum absolute atomic E-state index is 0.0923. The summed E-state index contributed by atoms with van der Waals surface area (Å²) >= 11 is 0. The summed E-state index contributed by atoms with van der Waals surface area (Å²) in [6.45, 7) is 8.12. The van der Waals surface area contributed by atoms with Gasteiger partial charge in [0, 0.05) is 46.2 Å². The number of azo groups is 1. The number of hydrogen-bond acceptors (Lipinski definition) is 5. The molecule has 1 aromatic rings. The van der Waals surface area contributed by atoms with Crippen molar-refractivity contribution in [2.75, 3.05) is 39.3 Å². The number of carbonyl (C=O) groups is 1. The van der Waals surface area contributed by atoms with Crippen LogP contribution in [0.2, 0.25) is 0 Å². The van der Waals surface area contributed by atoms with Crippen LogP contribution in [0.5, 0.6) is 0 Å². The fourth-order valence-corrected chi connectivity index (χ4v) is 10.3. The molecule has 4 rings (SSSR count). The van der Waals surface area contributed by atoms with E-state index in [1.54, 1.807) is 6.92 Å². The second-order valence-electron chi connectivity index (χ2n) is 9.03. The molecule has 3 heterocycles. The molecule has 0 unspecified atom stereocenters. The van der Waals surface area contributed by atoms with Crippen LogP contribution in [0.15, 0.2) is 40.6 Å². The Bertz CT molecular complexity index is 754. The van der Waals surface area contributed by atoms with Crippen molar-refractivity contribution in [3.05, 3.63) is 30.3 Å². The largest absolute Gasteiger partial charge is 0.293 e. The maximum absolute atomic E-state index is 13.3. The standard InChI is InChI=1S/C24H38N5OP/c1-22(30)24(26-25-23-14-6-2-7-15-23)31(27-16-8-3-9-17-27,28-18-10-4-11-19-28)29-20-12-5-13-21-29/h2,6-7,14-15H,3-5,8-13,16-21H2,1H3. The van der Waals surface area contributed by atoms with E-state index < -0.39 is 7.34 Å². The second kappa shape index (κ2) is 11.0. The Morgan fingerprint density at radius 2 is 1.13 bits per heavy atom. The van der Waals surface area contributed by atoms with Gasteiger partial charge in [-0.2, -0.15) is 5.11 Å². The molecule has 0 radical (unpaired) electrons. The molecule has 3 saturated heterocycles. The molecule has 0 bridgehead atoms. The van der Waals surface area contributed by atoms with E-state index in [0.717, 1.165) is 50.4 Å². The van der Waals surface area contributed by atoms with Crippen LogP contribution in [-0.4, -0.2) is 64.5 Å². The van der Waals surface area contributed by atoms with Crippen molar-refractivity contribution in [1.29, 1.82) is 0 Å². The molecule has 0 amide bonds. The summed E-state index contributed by atoms with van der Waals surface area (Å²) in [4.78, 5) is 13.3. The summed E-state index contributed by atoms with van der Waals surface area (Å²) in [5, 5.41) is 9.40. The SMILES string of the molecule is CC(=O)C(N=Nc1ccccc1)=P(N1CCCCC1)(N1CCCCC1)N1CCCCC1. The Morgan fingerprint density at radius 1 is 0.710 bits per heavy atom. The molecule has 0 aliphatic carbocycles. The highest BCUT2D eigenvalue weighted by atomic mass is 31.2. The fourth-order valence-electron chi connectivity index (χ4n) is 5.35. The van der Waals surface area contributed by atoms with Crippen molar-refractivity contribution in [3.8, 4) is 0 Å². The predicted molar refractivity (Wildman–Crippen MR) is 130 cm³/mol. The van der Waals surface area contributed by atoms with Gasteiger partial charge in [0.15, 0.2) is 11.2 Å². The molecule has 0 atom stereocenters.